The van der Waals surface area contributed by atoms with Crippen LogP contribution in [0.4, 0.5) is 5.13 Å². The minimum Gasteiger partial charge on any atom is -0.494 e. The lowest BCUT2D eigenvalue weighted by molar-refractivity contribution is -0.131. The first-order valence-electron chi connectivity index (χ1n) is 10.6. The fourth-order valence-electron chi connectivity index (χ4n) is 6.64. The topological polar surface area (TPSA) is 54.5 Å². The summed E-state index contributed by atoms with van der Waals surface area (Å²) in [5, 5.41) is 4.54. The third kappa shape index (κ3) is 2.64. The molecule has 0 atom stereocenters. The number of nitrogens with one attached hydrogen (secondary N) is 1. The molecule has 1 aromatic carbocycles. The number of anilines is 1. The molecule has 28 heavy (non-hydrogen) atoms. The number of hydrogen-bond donors (Lipinski definition) is 1. The Labute approximate surface area is 169 Å². The van der Waals surface area contributed by atoms with Crippen molar-refractivity contribution in [3.05, 3.63) is 18.2 Å². The molecule has 4 aliphatic carbocycles. The molecule has 0 spiro atoms. The molecule has 4 bridgehead atoms. The fourth-order valence-corrected chi connectivity index (χ4v) is 7.64. The van der Waals surface area contributed by atoms with E-state index in [9.17, 15) is 4.79 Å². The number of carbonyl (C=O) groups excluding carboxylic acids is 1. The van der Waals surface area contributed by atoms with Crippen molar-refractivity contribution < 1.29 is 9.53 Å². The summed E-state index contributed by atoms with van der Waals surface area (Å²) in [6, 6.07) is 6.03. The molecule has 0 radical (unpaired) electrons. The van der Waals surface area contributed by atoms with Crippen molar-refractivity contribution in [3.63, 3.8) is 0 Å². The molecular weight excluding hydrogens is 370 g/mol. The molecule has 7 rings (SSSR count). The van der Waals surface area contributed by atoms with Crippen molar-refractivity contribution in [2.75, 3.05) is 25.1 Å². The first-order valence-corrected chi connectivity index (χ1v) is 11.4. The molecule has 1 saturated heterocycles. The van der Waals surface area contributed by atoms with E-state index in [4.69, 9.17) is 9.72 Å². The zero-order valence-electron chi connectivity index (χ0n) is 16.3. The third-order valence-electron chi connectivity index (χ3n) is 7.54. The summed E-state index contributed by atoms with van der Waals surface area (Å²) in [6.07, 6.45) is 7.89. The maximum atomic E-state index is 13.0. The number of thiazole rings is 1. The van der Waals surface area contributed by atoms with Crippen molar-refractivity contribution >= 4 is 32.6 Å². The van der Waals surface area contributed by atoms with Crippen LogP contribution in [0.3, 0.4) is 0 Å². The second-order valence-electron chi connectivity index (χ2n) is 9.59. The minimum atomic E-state index is 0.0990. The summed E-state index contributed by atoms with van der Waals surface area (Å²) < 4.78 is 6.56. The average molecular weight is 398 g/mol. The van der Waals surface area contributed by atoms with Gasteiger partial charge in [0.25, 0.3) is 0 Å². The molecule has 5 fully saturated rings. The first kappa shape index (κ1) is 17.1. The second-order valence-corrected chi connectivity index (χ2v) is 10.6. The van der Waals surface area contributed by atoms with Gasteiger partial charge >= 0.3 is 0 Å². The van der Waals surface area contributed by atoms with Gasteiger partial charge in [-0.25, -0.2) is 4.98 Å². The lowest BCUT2D eigenvalue weighted by Gasteiger charge is -2.57. The molecule has 1 N–H and O–H groups in total. The Morgan fingerprint density at radius 1 is 1.18 bits per heavy atom. The molecule has 2 aromatic rings. The van der Waals surface area contributed by atoms with Crippen molar-refractivity contribution in [3.8, 4) is 5.75 Å². The lowest BCUT2D eigenvalue weighted by Crippen LogP contribution is -2.63. The standard InChI is InChI=1S/C22H27N3O2S/c1-27-17-3-2-4-18-19(17)23-21(28-18)25-11-16(12-25)20(26)24-22-8-13-5-14(9-22)7-15(6-13)10-22/h2-4,13-16H,5-12H2,1H3,(H,24,26). The summed E-state index contributed by atoms with van der Waals surface area (Å²) >= 11 is 1.68. The van der Waals surface area contributed by atoms with Crippen LogP contribution >= 0.6 is 11.3 Å². The van der Waals surface area contributed by atoms with Crippen LogP contribution in [0.25, 0.3) is 10.2 Å². The number of rotatable bonds is 4. The summed E-state index contributed by atoms with van der Waals surface area (Å²) in [4.78, 5) is 20.0. The number of ether oxygens (including phenoxy) is 1. The van der Waals surface area contributed by atoms with Gasteiger partial charge in [0.1, 0.15) is 11.3 Å². The Bertz CT molecular complexity index is 898. The minimum absolute atomic E-state index is 0.0990. The Morgan fingerprint density at radius 3 is 2.50 bits per heavy atom. The van der Waals surface area contributed by atoms with Gasteiger partial charge in [0.05, 0.1) is 17.7 Å². The van der Waals surface area contributed by atoms with Gasteiger partial charge in [-0.05, 0) is 68.4 Å². The van der Waals surface area contributed by atoms with Gasteiger partial charge in [0, 0.05) is 18.6 Å². The molecule has 5 aliphatic rings. The van der Waals surface area contributed by atoms with E-state index in [0.717, 1.165) is 51.9 Å². The Balaban J connectivity index is 1.12. The van der Waals surface area contributed by atoms with E-state index in [2.05, 4.69) is 16.3 Å². The number of amides is 1. The van der Waals surface area contributed by atoms with E-state index in [-0.39, 0.29) is 17.4 Å². The third-order valence-corrected chi connectivity index (χ3v) is 8.62. The molecule has 0 unspecified atom stereocenters. The molecule has 6 heteroatoms. The van der Waals surface area contributed by atoms with Gasteiger partial charge in [0.2, 0.25) is 5.91 Å². The molecule has 4 saturated carbocycles. The zero-order chi connectivity index (χ0) is 18.9. The van der Waals surface area contributed by atoms with Gasteiger partial charge < -0.3 is 15.0 Å². The maximum absolute atomic E-state index is 13.0. The monoisotopic (exact) mass is 397 g/mol. The quantitative estimate of drug-likeness (QED) is 0.852. The van der Waals surface area contributed by atoms with Crippen LogP contribution in [0, 0.1) is 23.7 Å². The second kappa shape index (κ2) is 6.09. The Morgan fingerprint density at radius 2 is 1.86 bits per heavy atom. The highest BCUT2D eigenvalue weighted by Gasteiger charge is 2.52. The Kier molecular flexibility index (Phi) is 3.71. The van der Waals surface area contributed by atoms with Gasteiger partial charge in [-0.2, -0.15) is 0 Å². The van der Waals surface area contributed by atoms with Crippen LogP contribution in [0.5, 0.6) is 5.75 Å². The van der Waals surface area contributed by atoms with E-state index in [0.29, 0.717) is 0 Å². The molecule has 1 aromatic heterocycles. The largest absolute Gasteiger partial charge is 0.494 e. The highest BCUT2D eigenvalue weighted by Crippen LogP contribution is 2.55. The summed E-state index contributed by atoms with van der Waals surface area (Å²) in [6.45, 7) is 1.56. The smallest absolute Gasteiger partial charge is 0.227 e. The van der Waals surface area contributed by atoms with Gasteiger partial charge in [-0.3, -0.25) is 4.79 Å². The lowest BCUT2D eigenvalue weighted by atomic mass is 9.53. The van der Waals surface area contributed by atoms with Crippen molar-refractivity contribution in [1.82, 2.24) is 10.3 Å². The van der Waals surface area contributed by atoms with Gasteiger partial charge in [-0.15, -0.1) is 0 Å². The van der Waals surface area contributed by atoms with E-state index >= 15 is 0 Å². The van der Waals surface area contributed by atoms with E-state index in [1.807, 2.05) is 12.1 Å². The van der Waals surface area contributed by atoms with E-state index < -0.39 is 0 Å². The molecule has 5 nitrogen and oxygen atoms in total. The summed E-state index contributed by atoms with van der Waals surface area (Å²) in [5.41, 5.74) is 1.04. The highest BCUT2D eigenvalue weighted by atomic mass is 32.1. The van der Waals surface area contributed by atoms with Gasteiger partial charge in [0.15, 0.2) is 5.13 Å². The van der Waals surface area contributed by atoms with Crippen LogP contribution < -0.4 is 15.0 Å². The molecule has 148 valence electrons. The number of methoxy groups -OCH3 is 1. The normalized spacial score (nSPS) is 33.9. The van der Waals surface area contributed by atoms with Crippen LogP contribution in [0.1, 0.15) is 38.5 Å². The SMILES string of the molecule is COc1cccc2sc(N3CC(C(=O)NC45CC6CC(CC(C6)C4)C5)C3)nc12. The average Bonchev–Trinajstić information content (AvgIpc) is 3.02. The van der Waals surface area contributed by atoms with Gasteiger partial charge in [-0.1, -0.05) is 17.4 Å². The number of hydrogen-bond acceptors (Lipinski definition) is 5. The highest BCUT2D eigenvalue weighted by molar-refractivity contribution is 7.22. The number of benzene rings is 1. The predicted molar refractivity (Wildman–Crippen MR) is 111 cm³/mol. The van der Waals surface area contributed by atoms with Crippen molar-refractivity contribution in [2.24, 2.45) is 23.7 Å². The molecular formula is C22H27N3O2S. The van der Waals surface area contributed by atoms with E-state index in [1.165, 1.54) is 38.5 Å². The summed E-state index contributed by atoms with van der Waals surface area (Å²) in [5.74, 6) is 3.78. The zero-order valence-corrected chi connectivity index (χ0v) is 17.1. The van der Waals surface area contributed by atoms with Crippen molar-refractivity contribution in [1.29, 1.82) is 0 Å². The molecule has 2 heterocycles. The number of para-hydroxylation sites is 1. The van der Waals surface area contributed by atoms with Crippen LogP contribution in [-0.4, -0.2) is 36.6 Å². The number of carbonyl (C=O) groups is 1. The maximum Gasteiger partial charge on any atom is 0.227 e. The molecule has 1 amide bonds. The molecule has 1 aliphatic heterocycles. The predicted octanol–water partition coefficient (Wildman–Crippen LogP) is 3.83. The van der Waals surface area contributed by atoms with Crippen LogP contribution in [-0.2, 0) is 4.79 Å². The fraction of sp³-hybridized carbons (Fsp3) is 0.636. The first-order chi connectivity index (χ1) is 13.6. The van der Waals surface area contributed by atoms with Crippen molar-refractivity contribution in [2.45, 2.75) is 44.1 Å². The van der Waals surface area contributed by atoms with Crippen LogP contribution in [0.15, 0.2) is 18.2 Å². The number of nitrogens with zero attached hydrogens (tertiary/aromatic N) is 2. The van der Waals surface area contributed by atoms with E-state index in [1.54, 1.807) is 18.4 Å². The number of aromatic nitrogens is 1. The summed E-state index contributed by atoms with van der Waals surface area (Å²) in [7, 11) is 1.68. The van der Waals surface area contributed by atoms with Crippen LogP contribution in [0.2, 0.25) is 0 Å². The number of fused-ring (bicyclic) bond motifs is 1. The Hall–Kier alpha value is -1.82.